The van der Waals surface area contributed by atoms with Gasteiger partial charge in [-0.25, -0.2) is 0 Å². The van der Waals surface area contributed by atoms with Gasteiger partial charge < -0.3 is 15.2 Å². The molecule has 5 heteroatoms. The van der Waals surface area contributed by atoms with Gasteiger partial charge in [-0.2, -0.15) is 11.8 Å². The summed E-state index contributed by atoms with van der Waals surface area (Å²) in [4.78, 5) is 11.1. The Hall–Kier alpha value is -0.260. The van der Waals surface area contributed by atoms with E-state index in [0.717, 1.165) is 6.54 Å². The molecule has 1 fully saturated rings. The number of esters is 1. The lowest BCUT2D eigenvalue weighted by Crippen LogP contribution is -2.32. The highest BCUT2D eigenvalue weighted by molar-refractivity contribution is 8.00. The second-order valence-corrected chi connectivity index (χ2v) is 5.36. The van der Waals surface area contributed by atoms with Crippen LogP contribution in [-0.4, -0.2) is 47.9 Å². The molecule has 0 amide bonds. The molecule has 0 bridgehead atoms. The average molecular weight is 247 g/mol. The number of hydrogen-bond donors (Lipinski definition) is 2. The van der Waals surface area contributed by atoms with Crippen LogP contribution < -0.4 is 5.32 Å². The van der Waals surface area contributed by atoms with E-state index in [1.165, 1.54) is 18.6 Å². The fraction of sp³-hybridized carbons (Fsp3) is 0.909. The van der Waals surface area contributed by atoms with Crippen molar-refractivity contribution in [3.8, 4) is 0 Å². The van der Waals surface area contributed by atoms with E-state index >= 15 is 0 Å². The summed E-state index contributed by atoms with van der Waals surface area (Å²) in [5.41, 5.74) is 0. The molecule has 0 aliphatic carbocycles. The summed E-state index contributed by atoms with van der Waals surface area (Å²) >= 11 is 1.98. The monoisotopic (exact) mass is 247 g/mol. The number of aliphatic hydroxyl groups excluding tert-OH is 1. The van der Waals surface area contributed by atoms with Crippen molar-refractivity contribution in [2.45, 2.75) is 37.5 Å². The molecule has 1 saturated heterocycles. The van der Waals surface area contributed by atoms with Crippen LogP contribution in [0, 0.1) is 0 Å². The van der Waals surface area contributed by atoms with Crippen LogP contribution in [0.25, 0.3) is 0 Å². The molecule has 4 nitrogen and oxygen atoms in total. The first-order chi connectivity index (χ1) is 7.72. The number of rotatable bonds is 7. The number of nitrogens with one attached hydrogen (secondary N) is 1. The molecule has 0 spiro atoms. The minimum atomic E-state index is -0.634. The maximum absolute atomic E-state index is 11.1. The Balaban J connectivity index is 2.00. The number of ether oxygens (including phenoxy) is 1. The van der Waals surface area contributed by atoms with E-state index in [0.29, 0.717) is 18.4 Å². The first-order valence-corrected chi connectivity index (χ1v) is 6.93. The van der Waals surface area contributed by atoms with Gasteiger partial charge in [-0.1, -0.05) is 0 Å². The standard InChI is InChI=1S/C11H21NO3S/c1-2-15-11(14)6-9(13)7-12-8-10-4-3-5-16-10/h9-10,12-13H,2-8H2,1H3. The van der Waals surface area contributed by atoms with Gasteiger partial charge >= 0.3 is 5.97 Å². The Morgan fingerprint density at radius 3 is 3.12 bits per heavy atom. The highest BCUT2D eigenvalue weighted by Crippen LogP contribution is 2.25. The lowest BCUT2D eigenvalue weighted by Gasteiger charge is -2.13. The van der Waals surface area contributed by atoms with Crippen molar-refractivity contribution in [1.29, 1.82) is 0 Å². The predicted molar refractivity (Wildman–Crippen MR) is 65.6 cm³/mol. The number of carbonyl (C=O) groups excluding carboxylic acids is 1. The Labute approximate surface area is 101 Å². The van der Waals surface area contributed by atoms with Gasteiger partial charge in [0, 0.05) is 18.3 Å². The molecule has 1 aliphatic heterocycles. The Morgan fingerprint density at radius 1 is 1.69 bits per heavy atom. The van der Waals surface area contributed by atoms with Crippen LogP contribution in [0.4, 0.5) is 0 Å². The quantitative estimate of drug-likeness (QED) is 0.651. The fourth-order valence-electron chi connectivity index (χ4n) is 1.70. The summed E-state index contributed by atoms with van der Waals surface area (Å²) in [6.07, 6.45) is 2.00. The minimum Gasteiger partial charge on any atom is -0.466 e. The first-order valence-electron chi connectivity index (χ1n) is 5.88. The summed E-state index contributed by atoms with van der Waals surface area (Å²) in [5.74, 6) is 0.921. The predicted octanol–water partition coefficient (Wildman–Crippen LogP) is 0.786. The van der Waals surface area contributed by atoms with Gasteiger partial charge in [0.2, 0.25) is 0 Å². The van der Waals surface area contributed by atoms with Crippen LogP contribution in [0.3, 0.4) is 0 Å². The molecule has 0 aromatic carbocycles. The maximum Gasteiger partial charge on any atom is 0.308 e. The largest absolute Gasteiger partial charge is 0.466 e. The summed E-state index contributed by atoms with van der Waals surface area (Å²) in [6, 6.07) is 0. The number of hydrogen-bond acceptors (Lipinski definition) is 5. The highest BCUT2D eigenvalue weighted by atomic mass is 32.2. The highest BCUT2D eigenvalue weighted by Gasteiger charge is 2.16. The van der Waals surface area contributed by atoms with Gasteiger partial charge in [0.15, 0.2) is 0 Å². The second-order valence-electron chi connectivity index (χ2n) is 3.96. The molecule has 2 atom stereocenters. The van der Waals surface area contributed by atoms with Gasteiger partial charge in [0.05, 0.1) is 19.1 Å². The Morgan fingerprint density at radius 2 is 2.50 bits per heavy atom. The Kier molecular flexibility index (Phi) is 6.84. The van der Waals surface area contributed by atoms with Crippen LogP contribution in [0.15, 0.2) is 0 Å². The molecule has 0 aromatic heterocycles. The number of carbonyl (C=O) groups is 1. The van der Waals surface area contributed by atoms with Crippen molar-refractivity contribution in [3.63, 3.8) is 0 Å². The van der Waals surface area contributed by atoms with E-state index in [-0.39, 0.29) is 12.4 Å². The normalized spacial score (nSPS) is 22.0. The Bertz CT molecular complexity index is 207. The summed E-state index contributed by atoms with van der Waals surface area (Å²) in [5, 5.41) is 13.4. The zero-order chi connectivity index (χ0) is 11.8. The average Bonchev–Trinajstić information content (AvgIpc) is 2.70. The third-order valence-corrected chi connectivity index (χ3v) is 3.88. The van der Waals surface area contributed by atoms with Crippen molar-refractivity contribution in [2.24, 2.45) is 0 Å². The second kappa shape index (κ2) is 7.92. The van der Waals surface area contributed by atoms with Crippen LogP contribution >= 0.6 is 11.8 Å². The summed E-state index contributed by atoms with van der Waals surface area (Å²) < 4.78 is 4.76. The van der Waals surface area contributed by atoms with E-state index in [1.54, 1.807) is 6.92 Å². The molecular formula is C11H21NO3S. The van der Waals surface area contributed by atoms with Crippen molar-refractivity contribution < 1.29 is 14.6 Å². The molecule has 2 N–H and O–H groups in total. The van der Waals surface area contributed by atoms with Gasteiger partial charge in [-0.15, -0.1) is 0 Å². The zero-order valence-electron chi connectivity index (χ0n) is 9.78. The SMILES string of the molecule is CCOC(=O)CC(O)CNCC1CCCS1. The van der Waals surface area contributed by atoms with Crippen molar-refractivity contribution in [1.82, 2.24) is 5.32 Å². The maximum atomic E-state index is 11.1. The molecule has 2 unspecified atom stereocenters. The summed E-state index contributed by atoms with van der Waals surface area (Å²) in [7, 11) is 0. The molecule has 1 rings (SSSR count). The van der Waals surface area contributed by atoms with Gasteiger partial charge in [-0.05, 0) is 25.5 Å². The fourth-order valence-corrected chi connectivity index (χ4v) is 2.94. The minimum absolute atomic E-state index is 0.0820. The topological polar surface area (TPSA) is 58.6 Å². The van der Waals surface area contributed by atoms with E-state index in [1.807, 2.05) is 11.8 Å². The van der Waals surface area contributed by atoms with E-state index in [2.05, 4.69) is 5.32 Å². The molecular weight excluding hydrogens is 226 g/mol. The van der Waals surface area contributed by atoms with Crippen molar-refractivity contribution in [3.05, 3.63) is 0 Å². The van der Waals surface area contributed by atoms with E-state index in [9.17, 15) is 9.90 Å². The molecule has 0 radical (unpaired) electrons. The lowest BCUT2D eigenvalue weighted by molar-refractivity contribution is -0.145. The number of aliphatic hydroxyl groups is 1. The van der Waals surface area contributed by atoms with Crippen LogP contribution in [0.5, 0.6) is 0 Å². The van der Waals surface area contributed by atoms with Crippen molar-refractivity contribution in [2.75, 3.05) is 25.4 Å². The molecule has 0 saturated carbocycles. The van der Waals surface area contributed by atoms with Gasteiger partial charge in [0.1, 0.15) is 0 Å². The first kappa shape index (κ1) is 13.8. The van der Waals surface area contributed by atoms with Crippen LogP contribution in [0.2, 0.25) is 0 Å². The van der Waals surface area contributed by atoms with Gasteiger partial charge in [0.25, 0.3) is 0 Å². The van der Waals surface area contributed by atoms with Crippen molar-refractivity contribution >= 4 is 17.7 Å². The third kappa shape index (κ3) is 5.72. The van der Waals surface area contributed by atoms with Crippen LogP contribution in [-0.2, 0) is 9.53 Å². The van der Waals surface area contributed by atoms with Gasteiger partial charge in [-0.3, -0.25) is 4.79 Å². The third-order valence-electron chi connectivity index (χ3n) is 2.48. The smallest absolute Gasteiger partial charge is 0.308 e. The molecule has 1 aliphatic rings. The van der Waals surface area contributed by atoms with Crippen LogP contribution in [0.1, 0.15) is 26.2 Å². The van der Waals surface area contributed by atoms with E-state index < -0.39 is 6.10 Å². The number of thioether (sulfide) groups is 1. The summed E-state index contributed by atoms with van der Waals surface area (Å²) in [6.45, 7) is 3.53. The lowest BCUT2D eigenvalue weighted by atomic mass is 10.2. The molecule has 94 valence electrons. The zero-order valence-corrected chi connectivity index (χ0v) is 10.6. The molecule has 1 heterocycles. The molecule has 16 heavy (non-hydrogen) atoms. The van der Waals surface area contributed by atoms with E-state index in [4.69, 9.17) is 4.74 Å². The molecule has 0 aromatic rings.